The summed E-state index contributed by atoms with van der Waals surface area (Å²) in [5, 5.41) is 6.23. The third-order valence-electron chi connectivity index (χ3n) is 3.45. The summed E-state index contributed by atoms with van der Waals surface area (Å²) < 4.78 is 19.0. The van der Waals surface area contributed by atoms with Gasteiger partial charge in [0, 0.05) is 18.7 Å². The quantitative estimate of drug-likeness (QED) is 0.497. The maximum atomic E-state index is 13.7. The molecule has 0 aliphatic rings. The van der Waals surface area contributed by atoms with Crippen LogP contribution in [0.1, 0.15) is 18.1 Å². The van der Waals surface area contributed by atoms with Gasteiger partial charge >= 0.3 is 0 Å². The second-order valence-electron chi connectivity index (χ2n) is 5.54. The molecule has 2 aromatic carbocycles. The van der Waals surface area contributed by atoms with Gasteiger partial charge in [0.1, 0.15) is 11.6 Å². The van der Waals surface area contributed by atoms with Crippen LogP contribution in [-0.2, 0) is 17.9 Å². The van der Waals surface area contributed by atoms with Crippen molar-refractivity contribution < 1.29 is 13.9 Å². The molecule has 2 aromatic rings. The van der Waals surface area contributed by atoms with E-state index >= 15 is 0 Å². The minimum Gasteiger partial charge on any atom is -0.484 e. The van der Waals surface area contributed by atoms with Crippen LogP contribution in [0, 0.1) is 5.82 Å². The van der Waals surface area contributed by atoms with Crippen LogP contribution in [0.2, 0.25) is 0 Å². The normalized spacial score (nSPS) is 11.1. The monoisotopic (exact) mass is 358 g/mol. The fraction of sp³-hybridized carbons (Fsp3) is 0.263. The number of ether oxygens (including phenoxy) is 1. The molecule has 1 amide bonds. The van der Waals surface area contributed by atoms with Gasteiger partial charge < -0.3 is 21.1 Å². The molecule has 6 nitrogen and oxygen atoms in total. The van der Waals surface area contributed by atoms with Crippen LogP contribution in [0.5, 0.6) is 5.75 Å². The zero-order chi connectivity index (χ0) is 18.8. The highest BCUT2D eigenvalue weighted by molar-refractivity contribution is 5.79. The lowest BCUT2D eigenvalue weighted by atomic mass is 10.2. The zero-order valence-electron chi connectivity index (χ0n) is 14.7. The van der Waals surface area contributed by atoms with Crippen LogP contribution < -0.4 is 21.1 Å². The van der Waals surface area contributed by atoms with Gasteiger partial charge in [-0.1, -0.05) is 30.3 Å². The first kappa shape index (κ1) is 19.2. The highest BCUT2D eigenvalue weighted by Gasteiger charge is 2.03. The van der Waals surface area contributed by atoms with E-state index in [0.717, 1.165) is 5.56 Å². The first-order chi connectivity index (χ1) is 12.6. The van der Waals surface area contributed by atoms with Gasteiger partial charge in [0.05, 0.1) is 6.54 Å². The van der Waals surface area contributed by atoms with Crippen LogP contribution in [0.3, 0.4) is 0 Å². The van der Waals surface area contributed by atoms with E-state index in [4.69, 9.17) is 10.5 Å². The number of rotatable bonds is 8. The third-order valence-corrected chi connectivity index (χ3v) is 3.45. The van der Waals surface area contributed by atoms with E-state index in [9.17, 15) is 9.18 Å². The fourth-order valence-corrected chi connectivity index (χ4v) is 2.22. The van der Waals surface area contributed by atoms with Gasteiger partial charge in [-0.25, -0.2) is 9.38 Å². The number of primary amides is 1. The van der Waals surface area contributed by atoms with E-state index in [-0.39, 0.29) is 12.4 Å². The molecule has 0 spiro atoms. The minimum absolute atomic E-state index is 0.167. The average Bonchev–Trinajstić information content (AvgIpc) is 2.64. The number of nitrogens with zero attached hydrogens (tertiary/aromatic N) is 1. The van der Waals surface area contributed by atoms with Crippen LogP contribution >= 0.6 is 0 Å². The predicted octanol–water partition coefficient (Wildman–Crippen LogP) is 1.95. The van der Waals surface area contributed by atoms with Gasteiger partial charge in [-0.2, -0.15) is 0 Å². The van der Waals surface area contributed by atoms with Gasteiger partial charge in [-0.05, 0) is 30.7 Å². The summed E-state index contributed by atoms with van der Waals surface area (Å²) in [6, 6.07) is 13.9. The zero-order valence-corrected chi connectivity index (χ0v) is 14.7. The molecule has 0 aliphatic heterocycles. The molecule has 0 saturated carbocycles. The molecule has 0 bridgehead atoms. The van der Waals surface area contributed by atoms with Crippen molar-refractivity contribution in [3.8, 4) is 5.75 Å². The SMILES string of the molecule is CCNC(=NCc1cccc(OCC(N)=O)c1)NCc1ccccc1F. The largest absolute Gasteiger partial charge is 0.484 e. The number of carbonyl (C=O) groups is 1. The van der Waals surface area contributed by atoms with Gasteiger partial charge in [0.25, 0.3) is 5.91 Å². The Hall–Kier alpha value is -3.09. The van der Waals surface area contributed by atoms with Gasteiger partial charge in [0.2, 0.25) is 0 Å². The number of nitrogens with one attached hydrogen (secondary N) is 2. The molecule has 0 heterocycles. The molecule has 0 atom stereocenters. The van der Waals surface area contributed by atoms with Crippen molar-refractivity contribution in [1.82, 2.24) is 10.6 Å². The molecule has 7 heteroatoms. The molecule has 4 N–H and O–H groups in total. The second kappa shape index (κ2) is 10.0. The van der Waals surface area contributed by atoms with Crippen molar-refractivity contribution in [3.05, 3.63) is 65.5 Å². The van der Waals surface area contributed by atoms with Crippen LogP contribution in [0.25, 0.3) is 0 Å². The maximum absolute atomic E-state index is 13.7. The van der Waals surface area contributed by atoms with Gasteiger partial charge in [0.15, 0.2) is 12.6 Å². The Morgan fingerprint density at radius 1 is 1.19 bits per heavy atom. The average molecular weight is 358 g/mol. The number of hydrogen-bond acceptors (Lipinski definition) is 3. The third kappa shape index (κ3) is 6.43. The van der Waals surface area contributed by atoms with Crippen LogP contribution in [-0.4, -0.2) is 25.0 Å². The van der Waals surface area contributed by atoms with Gasteiger partial charge in [-0.15, -0.1) is 0 Å². The van der Waals surface area contributed by atoms with Crippen LogP contribution in [0.4, 0.5) is 4.39 Å². The fourth-order valence-electron chi connectivity index (χ4n) is 2.22. The lowest BCUT2D eigenvalue weighted by molar-refractivity contribution is -0.119. The van der Waals surface area contributed by atoms with E-state index in [1.807, 2.05) is 19.1 Å². The number of halogens is 1. The van der Waals surface area contributed by atoms with Crippen LogP contribution in [0.15, 0.2) is 53.5 Å². The molecular formula is C19H23FN4O2. The summed E-state index contributed by atoms with van der Waals surface area (Å²) in [4.78, 5) is 15.3. The first-order valence-electron chi connectivity index (χ1n) is 8.34. The lowest BCUT2D eigenvalue weighted by Crippen LogP contribution is -2.37. The van der Waals surface area contributed by atoms with E-state index in [1.54, 1.807) is 30.3 Å². The highest BCUT2D eigenvalue weighted by Crippen LogP contribution is 2.14. The number of carbonyl (C=O) groups excluding carboxylic acids is 1. The van der Waals surface area contributed by atoms with E-state index in [2.05, 4.69) is 15.6 Å². The summed E-state index contributed by atoms with van der Waals surface area (Å²) in [5.41, 5.74) is 6.55. The standard InChI is InChI=1S/C19H23FN4O2/c1-2-22-19(24-12-15-7-3-4-9-17(15)20)23-11-14-6-5-8-16(10-14)26-13-18(21)25/h3-10H,2,11-13H2,1H3,(H2,21,25)(H2,22,23,24). The summed E-state index contributed by atoms with van der Waals surface area (Å²) in [5.74, 6) is 0.357. The Morgan fingerprint density at radius 2 is 2.00 bits per heavy atom. The molecule has 138 valence electrons. The molecule has 0 saturated heterocycles. The Labute approximate surface area is 152 Å². The lowest BCUT2D eigenvalue weighted by Gasteiger charge is -2.12. The molecule has 0 unspecified atom stereocenters. The molecule has 0 fully saturated rings. The van der Waals surface area contributed by atoms with E-state index in [0.29, 0.717) is 36.9 Å². The van der Waals surface area contributed by atoms with Crippen molar-refractivity contribution in [2.24, 2.45) is 10.7 Å². The number of hydrogen-bond donors (Lipinski definition) is 3. The first-order valence-corrected chi connectivity index (χ1v) is 8.34. The predicted molar refractivity (Wildman–Crippen MR) is 99.2 cm³/mol. The number of guanidine groups is 1. The molecule has 0 radical (unpaired) electrons. The second-order valence-corrected chi connectivity index (χ2v) is 5.54. The van der Waals surface area contributed by atoms with E-state index < -0.39 is 5.91 Å². The molecule has 2 rings (SSSR count). The Balaban J connectivity index is 1.98. The Morgan fingerprint density at radius 3 is 2.73 bits per heavy atom. The van der Waals surface area contributed by atoms with Crippen molar-refractivity contribution >= 4 is 11.9 Å². The number of benzene rings is 2. The van der Waals surface area contributed by atoms with Crippen molar-refractivity contribution in [2.75, 3.05) is 13.2 Å². The molecular weight excluding hydrogens is 335 g/mol. The van der Waals surface area contributed by atoms with Gasteiger partial charge in [-0.3, -0.25) is 4.79 Å². The number of aliphatic imine (C=N–C) groups is 1. The summed E-state index contributed by atoms with van der Waals surface area (Å²) in [6.07, 6.45) is 0. The van der Waals surface area contributed by atoms with E-state index in [1.165, 1.54) is 6.07 Å². The highest BCUT2D eigenvalue weighted by atomic mass is 19.1. The number of nitrogens with two attached hydrogens (primary N) is 1. The maximum Gasteiger partial charge on any atom is 0.255 e. The van der Waals surface area contributed by atoms with Crippen molar-refractivity contribution in [3.63, 3.8) is 0 Å². The summed E-state index contributed by atoms with van der Waals surface area (Å²) in [6.45, 7) is 3.21. The smallest absolute Gasteiger partial charge is 0.255 e. The summed E-state index contributed by atoms with van der Waals surface area (Å²) >= 11 is 0. The number of amides is 1. The van der Waals surface area contributed by atoms with Crippen molar-refractivity contribution in [1.29, 1.82) is 0 Å². The van der Waals surface area contributed by atoms with Crippen molar-refractivity contribution in [2.45, 2.75) is 20.0 Å². The Bertz CT molecular complexity index is 765. The molecule has 0 aliphatic carbocycles. The topological polar surface area (TPSA) is 88.7 Å². The minimum atomic E-state index is -0.528. The molecule has 0 aromatic heterocycles. The Kier molecular flexibility index (Phi) is 7.42. The molecule has 26 heavy (non-hydrogen) atoms. The summed E-state index contributed by atoms with van der Waals surface area (Å²) in [7, 11) is 0.